The zero-order valence-electron chi connectivity index (χ0n) is 21.3. The fraction of sp³-hybridized carbons (Fsp3) is 0.462. The van der Waals surface area contributed by atoms with E-state index in [1.807, 2.05) is 51.0 Å². The van der Waals surface area contributed by atoms with E-state index < -0.39 is 6.04 Å². The van der Waals surface area contributed by atoms with Crippen molar-refractivity contribution < 1.29 is 19.0 Å². The minimum Gasteiger partial charge on any atom is -0.492 e. The predicted octanol–water partition coefficient (Wildman–Crippen LogP) is 3.11. The first-order valence-corrected chi connectivity index (χ1v) is 12.1. The fourth-order valence-corrected chi connectivity index (χ4v) is 4.20. The summed E-state index contributed by atoms with van der Waals surface area (Å²) in [5.41, 5.74) is 6.83. The van der Waals surface area contributed by atoms with Gasteiger partial charge in [-0.3, -0.25) is 4.90 Å². The van der Waals surface area contributed by atoms with Crippen molar-refractivity contribution >= 4 is 17.8 Å². The van der Waals surface area contributed by atoms with Gasteiger partial charge >= 0.3 is 0 Å². The van der Waals surface area contributed by atoms with Crippen molar-refractivity contribution in [3.05, 3.63) is 53.5 Å². The van der Waals surface area contributed by atoms with E-state index in [-0.39, 0.29) is 23.1 Å². The molecule has 1 fully saturated rings. The minimum absolute atomic E-state index is 0.201. The molecule has 1 aliphatic carbocycles. The fourth-order valence-electron chi connectivity index (χ4n) is 4.20. The second-order valence-electron chi connectivity index (χ2n) is 9.71. The third-order valence-corrected chi connectivity index (χ3v) is 5.82. The van der Waals surface area contributed by atoms with Crippen LogP contribution >= 0.6 is 0 Å². The molecule has 10 heteroatoms. The molecule has 0 bridgehead atoms. The molecule has 36 heavy (non-hydrogen) atoms. The third kappa shape index (κ3) is 6.08. The van der Waals surface area contributed by atoms with Crippen LogP contribution in [0.4, 0.5) is 11.9 Å². The lowest BCUT2D eigenvalue weighted by Crippen LogP contribution is -2.27. The average molecular weight is 495 g/mol. The van der Waals surface area contributed by atoms with Crippen LogP contribution < -0.4 is 15.8 Å². The third-order valence-electron chi connectivity index (χ3n) is 5.82. The summed E-state index contributed by atoms with van der Waals surface area (Å²) in [5, 5.41) is 7.60. The number of hydrogen-bond acceptors (Lipinski definition) is 9. The van der Waals surface area contributed by atoms with Crippen LogP contribution in [0.15, 0.2) is 53.5 Å². The van der Waals surface area contributed by atoms with Crippen molar-refractivity contribution in [3.63, 3.8) is 0 Å². The summed E-state index contributed by atoms with van der Waals surface area (Å²) in [7, 11) is 1.50. The van der Waals surface area contributed by atoms with Gasteiger partial charge in [0.05, 0.1) is 18.8 Å². The molecular formula is C26H34N6O4. The quantitative estimate of drug-likeness (QED) is 0.507. The molecular weight excluding hydrogens is 460 g/mol. The van der Waals surface area contributed by atoms with Crippen LogP contribution in [0.3, 0.4) is 0 Å². The Balaban J connectivity index is 1.44. The molecule has 192 valence electrons. The van der Waals surface area contributed by atoms with Crippen molar-refractivity contribution in [3.8, 4) is 11.4 Å². The van der Waals surface area contributed by atoms with Gasteiger partial charge in [-0.15, -0.1) is 5.10 Å². The molecule has 0 radical (unpaired) electrons. The molecule has 2 aliphatic rings. The molecule has 1 aromatic heterocycles. The van der Waals surface area contributed by atoms with Gasteiger partial charge in [-0.1, -0.05) is 6.08 Å². The van der Waals surface area contributed by atoms with Crippen molar-refractivity contribution in [2.45, 2.75) is 45.3 Å². The Labute approximate surface area is 211 Å². The Morgan fingerprint density at radius 2 is 1.92 bits per heavy atom. The number of benzene rings is 1. The van der Waals surface area contributed by atoms with Gasteiger partial charge in [0.15, 0.2) is 11.5 Å². The van der Waals surface area contributed by atoms with Crippen LogP contribution in [0.5, 0.6) is 5.75 Å². The van der Waals surface area contributed by atoms with Crippen molar-refractivity contribution in [1.29, 1.82) is 0 Å². The highest BCUT2D eigenvalue weighted by Crippen LogP contribution is 2.27. The van der Waals surface area contributed by atoms with E-state index in [4.69, 9.17) is 19.9 Å². The standard InChI is InChI=1S/C26H34N6O4/c1-26(2,3)36-19-9-7-18(8-10-19)32-24(27)29-25(30-32)28-21-11-12-22(23(34-4)20(21)17-33)35-16-15-31-13-5-6-14-31/h7-12,21H,5-6,13-16H2,1-4H3,(H3,27,28,29,30). The summed E-state index contributed by atoms with van der Waals surface area (Å²) in [6.45, 7) is 9.51. The normalized spacial score (nSPS) is 18.3. The van der Waals surface area contributed by atoms with E-state index in [0.717, 1.165) is 31.1 Å². The first-order chi connectivity index (χ1) is 17.3. The average Bonchev–Trinajstić information content (AvgIpc) is 3.48. The van der Waals surface area contributed by atoms with Crippen LogP contribution in [-0.4, -0.2) is 70.6 Å². The minimum atomic E-state index is -0.554. The Morgan fingerprint density at radius 1 is 1.19 bits per heavy atom. The lowest BCUT2D eigenvalue weighted by atomic mass is 10.0. The van der Waals surface area contributed by atoms with Gasteiger partial charge in [0, 0.05) is 6.54 Å². The molecule has 1 atom stereocenters. The van der Waals surface area contributed by atoms with Crippen molar-refractivity contribution in [2.24, 2.45) is 0 Å². The number of nitrogens with one attached hydrogen (secondary N) is 1. The second kappa shape index (κ2) is 10.9. The maximum atomic E-state index is 11.9. The molecule has 2 aromatic rings. The van der Waals surface area contributed by atoms with Crippen LogP contribution in [0.1, 0.15) is 33.6 Å². The molecule has 3 N–H and O–H groups in total. The lowest BCUT2D eigenvalue weighted by molar-refractivity contribution is 0.131. The summed E-state index contributed by atoms with van der Waals surface area (Å²) in [5.74, 6) is 4.04. The maximum absolute atomic E-state index is 11.9. The number of aromatic nitrogens is 3. The Kier molecular flexibility index (Phi) is 7.67. The smallest absolute Gasteiger partial charge is 0.245 e. The molecule has 4 rings (SSSR count). The number of rotatable bonds is 9. The molecule has 2 heterocycles. The molecule has 1 saturated heterocycles. The van der Waals surface area contributed by atoms with Gasteiger partial charge in [0.1, 0.15) is 29.5 Å². The van der Waals surface area contributed by atoms with Gasteiger partial charge in [-0.2, -0.15) is 9.67 Å². The van der Waals surface area contributed by atoms with Crippen LogP contribution in [0, 0.1) is 0 Å². The van der Waals surface area contributed by atoms with Crippen LogP contribution in [-0.2, 0) is 14.3 Å². The van der Waals surface area contributed by atoms with Crippen LogP contribution in [0.2, 0.25) is 0 Å². The van der Waals surface area contributed by atoms with Gasteiger partial charge in [0.25, 0.3) is 0 Å². The van der Waals surface area contributed by atoms with E-state index in [1.165, 1.54) is 24.6 Å². The highest BCUT2D eigenvalue weighted by Gasteiger charge is 2.27. The van der Waals surface area contributed by atoms with E-state index in [1.54, 1.807) is 12.2 Å². The summed E-state index contributed by atoms with van der Waals surface area (Å²) < 4.78 is 18.8. The first-order valence-electron chi connectivity index (χ1n) is 12.1. The van der Waals surface area contributed by atoms with Gasteiger partial charge in [0.2, 0.25) is 11.9 Å². The van der Waals surface area contributed by atoms with E-state index in [2.05, 4.69) is 20.3 Å². The Bertz CT molecular complexity index is 1170. The SMILES string of the molecule is COC1=C(OCCN2CCCC2)C=CC(Nc2nc(N)n(-c3ccc(OC(C)(C)C)cc3)n2)C1=C=O. The number of methoxy groups -OCH3 is 1. The summed E-state index contributed by atoms with van der Waals surface area (Å²) in [4.78, 5) is 18.6. The highest BCUT2D eigenvalue weighted by molar-refractivity contribution is 5.67. The highest BCUT2D eigenvalue weighted by atomic mass is 16.5. The Morgan fingerprint density at radius 3 is 2.56 bits per heavy atom. The van der Waals surface area contributed by atoms with E-state index in [9.17, 15) is 4.79 Å². The van der Waals surface area contributed by atoms with Gasteiger partial charge in [-0.05, 0) is 77.0 Å². The largest absolute Gasteiger partial charge is 0.492 e. The van der Waals surface area contributed by atoms with Crippen LogP contribution in [0.25, 0.3) is 5.69 Å². The summed E-state index contributed by atoms with van der Waals surface area (Å²) in [6.07, 6.45) is 6.03. The molecule has 0 amide bonds. The number of allylic oxidation sites excluding steroid dienone is 1. The predicted molar refractivity (Wildman–Crippen MR) is 138 cm³/mol. The maximum Gasteiger partial charge on any atom is 0.245 e. The lowest BCUT2D eigenvalue weighted by Gasteiger charge is -2.23. The number of nitrogens with zero attached hydrogens (tertiary/aromatic N) is 4. The zero-order chi connectivity index (χ0) is 25.7. The molecule has 1 aromatic carbocycles. The molecule has 1 aliphatic heterocycles. The number of hydrogen-bond donors (Lipinski definition) is 2. The first kappa shape index (κ1) is 25.3. The molecule has 0 saturated carbocycles. The Hall–Kier alpha value is -3.75. The number of likely N-dealkylation sites (tertiary alicyclic amines) is 1. The summed E-state index contributed by atoms with van der Waals surface area (Å²) >= 11 is 0. The van der Waals surface area contributed by atoms with Crippen molar-refractivity contribution in [1.82, 2.24) is 19.7 Å². The number of ether oxygens (including phenoxy) is 3. The monoisotopic (exact) mass is 494 g/mol. The molecule has 0 spiro atoms. The van der Waals surface area contributed by atoms with Crippen molar-refractivity contribution in [2.75, 3.05) is 44.4 Å². The molecule has 1 unspecified atom stereocenters. The van der Waals surface area contributed by atoms with E-state index in [0.29, 0.717) is 18.1 Å². The zero-order valence-corrected chi connectivity index (χ0v) is 21.3. The number of nitrogens with two attached hydrogens (primary N) is 1. The number of carbonyl (C=O) groups excluding carboxylic acids is 1. The number of nitrogen functional groups attached to an aromatic ring is 1. The second-order valence-corrected chi connectivity index (χ2v) is 9.71. The summed E-state index contributed by atoms with van der Waals surface area (Å²) in [6, 6.07) is 6.86. The van der Waals surface area contributed by atoms with E-state index >= 15 is 0 Å². The van der Waals surface area contributed by atoms with Gasteiger partial charge in [-0.25, -0.2) is 4.79 Å². The number of anilines is 2. The van der Waals surface area contributed by atoms with Gasteiger partial charge < -0.3 is 25.3 Å². The molecule has 10 nitrogen and oxygen atoms in total. The topological polar surface area (TPSA) is 117 Å².